The van der Waals surface area contributed by atoms with Gasteiger partial charge in [-0.25, -0.2) is 9.78 Å². The highest BCUT2D eigenvalue weighted by molar-refractivity contribution is 5.88. The van der Waals surface area contributed by atoms with Gasteiger partial charge >= 0.3 is 12.1 Å². The molecule has 0 aliphatic carbocycles. The van der Waals surface area contributed by atoms with E-state index in [1.807, 2.05) is 36.7 Å². The third-order valence-electron chi connectivity index (χ3n) is 8.14. The van der Waals surface area contributed by atoms with Gasteiger partial charge in [0.15, 0.2) is 0 Å². The molecule has 42 heavy (non-hydrogen) atoms. The molecule has 1 aliphatic rings. The van der Waals surface area contributed by atoms with Crippen LogP contribution in [0.4, 0.5) is 4.79 Å². The van der Waals surface area contributed by atoms with Gasteiger partial charge in [-0.3, -0.25) is 9.59 Å². The van der Waals surface area contributed by atoms with Gasteiger partial charge in [0.25, 0.3) is 0 Å². The molecule has 0 radical (unpaired) electrons. The Bertz CT molecular complexity index is 1320. The van der Waals surface area contributed by atoms with Crippen molar-refractivity contribution >= 4 is 28.9 Å². The summed E-state index contributed by atoms with van der Waals surface area (Å²) in [5, 5.41) is 21.9. The van der Waals surface area contributed by atoms with Crippen LogP contribution in [0.5, 0.6) is 0 Å². The highest BCUT2D eigenvalue weighted by Gasteiger charge is 2.42. The minimum Gasteiger partial charge on any atom is -0.457 e. The quantitative estimate of drug-likeness (QED) is 0.366. The van der Waals surface area contributed by atoms with Crippen LogP contribution >= 0.6 is 0 Å². The Morgan fingerprint density at radius 2 is 1.83 bits per heavy atom. The molecule has 1 aromatic carbocycles. The van der Waals surface area contributed by atoms with Gasteiger partial charge in [-0.05, 0) is 45.4 Å². The molecule has 3 rings (SSSR count). The fraction of sp³-hybridized carbons (Fsp3) is 0.625. The number of aromatic nitrogens is 2. The molecule has 0 spiro atoms. The van der Waals surface area contributed by atoms with Crippen LogP contribution in [-0.4, -0.2) is 73.4 Å². The maximum absolute atomic E-state index is 13.4. The van der Waals surface area contributed by atoms with Crippen molar-refractivity contribution in [1.29, 1.82) is 0 Å². The highest BCUT2D eigenvalue weighted by atomic mass is 16.6. The second kappa shape index (κ2) is 13.0. The van der Waals surface area contributed by atoms with Crippen molar-refractivity contribution in [3.63, 3.8) is 0 Å². The van der Waals surface area contributed by atoms with Gasteiger partial charge in [0.05, 0.1) is 35.1 Å². The van der Waals surface area contributed by atoms with Crippen LogP contribution in [0.25, 0.3) is 11.0 Å². The largest absolute Gasteiger partial charge is 0.457 e. The lowest BCUT2D eigenvalue weighted by atomic mass is 9.73. The first-order valence-corrected chi connectivity index (χ1v) is 14.6. The number of aryl methyl sites for hydroxylation is 2. The van der Waals surface area contributed by atoms with Gasteiger partial charge in [0.2, 0.25) is 0 Å². The molecule has 2 heterocycles. The summed E-state index contributed by atoms with van der Waals surface area (Å²) in [5.74, 6) is -1.41. The molecule has 1 aliphatic heterocycles. The number of aliphatic hydroxyl groups is 2. The average molecular weight is 586 g/mol. The van der Waals surface area contributed by atoms with Gasteiger partial charge in [0, 0.05) is 38.4 Å². The Morgan fingerprint density at radius 1 is 1.17 bits per heavy atom. The van der Waals surface area contributed by atoms with E-state index in [4.69, 9.17) is 9.47 Å². The van der Waals surface area contributed by atoms with Crippen LogP contribution in [0, 0.1) is 24.2 Å². The van der Waals surface area contributed by atoms with Crippen LogP contribution in [-0.2, 0) is 26.1 Å². The number of fused-ring (bicyclic) bond motifs is 1. The number of rotatable bonds is 1. The first kappa shape index (κ1) is 33.3. The van der Waals surface area contributed by atoms with E-state index in [1.165, 1.54) is 4.90 Å². The fourth-order valence-electron chi connectivity index (χ4n) is 5.19. The third kappa shape index (κ3) is 7.77. The number of hydrogen-bond donors (Lipinski definition) is 2. The Labute approximate surface area is 248 Å². The summed E-state index contributed by atoms with van der Waals surface area (Å²) in [6.07, 6.45) is -0.242. The lowest BCUT2D eigenvalue weighted by Crippen LogP contribution is -2.45. The van der Waals surface area contributed by atoms with Gasteiger partial charge in [0.1, 0.15) is 23.3 Å². The Balaban J connectivity index is 2.02. The number of aliphatic hydroxyl groups excluding tert-OH is 2. The Kier molecular flexibility index (Phi) is 10.3. The number of amides is 1. The zero-order valence-corrected chi connectivity index (χ0v) is 26.4. The molecule has 2 aromatic rings. The molecule has 10 nitrogen and oxygen atoms in total. The van der Waals surface area contributed by atoms with Gasteiger partial charge < -0.3 is 29.2 Å². The maximum Gasteiger partial charge on any atom is 0.410 e. The van der Waals surface area contributed by atoms with Crippen molar-refractivity contribution in [2.45, 2.75) is 92.1 Å². The van der Waals surface area contributed by atoms with Crippen molar-refractivity contribution in [3.8, 4) is 0 Å². The van der Waals surface area contributed by atoms with E-state index >= 15 is 0 Å². The van der Waals surface area contributed by atoms with E-state index in [2.05, 4.69) is 4.98 Å². The molecular formula is C32H47N3O7. The second-order valence-electron chi connectivity index (χ2n) is 13.0. The molecule has 2 N–H and O–H groups in total. The number of ether oxygens (including phenoxy) is 2. The van der Waals surface area contributed by atoms with Crippen molar-refractivity contribution in [3.05, 3.63) is 41.7 Å². The molecule has 0 saturated heterocycles. The SMILES string of the molecule is Cc1nc2cc([C@@H]3CCN(C(=O)OC(C)(C)C)CC=C[C@H](C)[C@H](O)[C@@H](C)C(=O)C(C)(C)[C@@H](O)CC(=O)O3)ccc2n1C. The van der Waals surface area contributed by atoms with Crippen LogP contribution < -0.4 is 0 Å². The van der Waals surface area contributed by atoms with E-state index in [1.54, 1.807) is 60.6 Å². The first-order chi connectivity index (χ1) is 19.4. The molecular weight excluding hydrogens is 538 g/mol. The van der Waals surface area contributed by atoms with Crippen LogP contribution in [0.1, 0.15) is 78.8 Å². The zero-order valence-electron chi connectivity index (χ0n) is 26.4. The number of benzene rings is 1. The summed E-state index contributed by atoms with van der Waals surface area (Å²) in [6.45, 7) is 14.2. The third-order valence-corrected chi connectivity index (χ3v) is 8.14. The number of carbonyl (C=O) groups excluding carboxylic acids is 3. The van der Waals surface area contributed by atoms with Crippen molar-refractivity contribution in [2.75, 3.05) is 13.1 Å². The number of cyclic esters (lactones) is 1. The highest BCUT2D eigenvalue weighted by Crippen LogP contribution is 2.33. The van der Waals surface area contributed by atoms with Crippen molar-refractivity contribution < 1.29 is 34.1 Å². The lowest BCUT2D eigenvalue weighted by molar-refractivity contribution is -0.156. The molecule has 0 saturated carbocycles. The van der Waals surface area contributed by atoms with Crippen LogP contribution in [0.15, 0.2) is 30.4 Å². The number of imidazole rings is 1. The molecule has 1 aromatic heterocycles. The van der Waals surface area contributed by atoms with Gasteiger partial charge in [-0.2, -0.15) is 0 Å². The van der Waals surface area contributed by atoms with Crippen LogP contribution in [0.2, 0.25) is 0 Å². The topological polar surface area (TPSA) is 131 Å². The number of carbonyl (C=O) groups is 3. The average Bonchev–Trinajstić information content (AvgIpc) is 3.18. The zero-order chi connectivity index (χ0) is 31.6. The smallest absolute Gasteiger partial charge is 0.410 e. The van der Waals surface area contributed by atoms with Crippen molar-refractivity contribution in [2.24, 2.45) is 24.3 Å². The number of esters is 1. The lowest BCUT2D eigenvalue weighted by Gasteiger charge is -2.34. The summed E-state index contributed by atoms with van der Waals surface area (Å²) < 4.78 is 13.5. The molecule has 0 unspecified atom stereocenters. The summed E-state index contributed by atoms with van der Waals surface area (Å²) in [7, 11) is 1.92. The summed E-state index contributed by atoms with van der Waals surface area (Å²) in [6, 6.07) is 5.65. The molecule has 232 valence electrons. The van der Waals surface area contributed by atoms with E-state index in [0.29, 0.717) is 5.56 Å². The molecule has 0 bridgehead atoms. The van der Waals surface area contributed by atoms with Crippen molar-refractivity contribution in [1.82, 2.24) is 14.5 Å². The summed E-state index contributed by atoms with van der Waals surface area (Å²) >= 11 is 0. The maximum atomic E-state index is 13.4. The predicted molar refractivity (Wildman–Crippen MR) is 160 cm³/mol. The van der Waals surface area contributed by atoms with Gasteiger partial charge in [-0.15, -0.1) is 0 Å². The second-order valence-corrected chi connectivity index (χ2v) is 13.0. The number of Topliss-reactive ketones (excluding diaryl/α,β-unsaturated/α-hetero) is 1. The minimum absolute atomic E-state index is 0.192. The Morgan fingerprint density at radius 3 is 2.48 bits per heavy atom. The molecule has 5 atom stereocenters. The van der Waals surface area contributed by atoms with Gasteiger partial charge in [-0.1, -0.05) is 45.9 Å². The fourth-order valence-corrected chi connectivity index (χ4v) is 5.19. The molecule has 0 fully saturated rings. The van der Waals surface area contributed by atoms with E-state index in [9.17, 15) is 24.6 Å². The summed E-state index contributed by atoms with van der Waals surface area (Å²) in [5.41, 5.74) is 0.359. The van der Waals surface area contributed by atoms with Crippen LogP contribution in [0.3, 0.4) is 0 Å². The molecule has 10 heteroatoms. The van der Waals surface area contributed by atoms with E-state index < -0.39 is 59.6 Å². The summed E-state index contributed by atoms with van der Waals surface area (Å²) in [4.78, 5) is 45.9. The molecule has 1 amide bonds. The van der Waals surface area contributed by atoms with E-state index in [-0.39, 0.29) is 25.3 Å². The minimum atomic E-state index is -1.33. The normalized spacial score (nSPS) is 26.7. The first-order valence-electron chi connectivity index (χ1n) is 14.6. The Hall–Kier alpha value is -3.24. The number of nitrogens with zero attached hydrogens (tertiary/aromatic N) is 3. The predicted octanol–water partition coefficient (Wildman–Crippen LogP) is 4.64. The number of ketones is 1. The number of hydrogen-bond acceptors (Lipinski definition) is 8. The van der Waals surface area contributed by atoms with E-state index in [0.717, 1.165) is 16.9 Å². The standard InChI is InChI=1S/C32H47N3O7/c1-19-11-10-15-35(30(40)42-31(4,5)6)16-14-25(22-12-13-24-23(17-22)33-21(3)34(24)9)41-27(37)18-26(36)32(7,8)29(39)20(2)28(19)38/h10-13,17,19-20,25-26,28,36,38H,14-16,18H2,1-9H3/t19-,20+,25-,26-,28-/m0/s1. The monoisotopic (exact) mass is 585 g/mol.